The van der Waals surface area contributed by atoms with Crippen LogP contribution in [-0.4, -0.2) is 22.5 Å². The minimum absolute atomic E-state index is 0.00759. The van der Waals surface area contributed by atoms with Crippen LogP contribution in [0.4, 0.5) is 0 Å². The summed E-state index contributed by atoms with van der Waals surface area (Å²) in [5.74, 6) is 0. The van der Waals surface area contributed by atoms with Crippen molar-refractivity contribution < 1.29 is 9.78 Å². The zero-order valence-corrected chi connectivity index (χ0v) is 12.8. The first-order chi connectivity index (χ1) is 9.74. The second kappa shape index (κ2) is 8.52. The quantitative estimate of drug-likeness (QED) is 0.361. The van der Waals surface area contributed by atoms with Crippen LogP contribution in [0.1, 0.15) is 64.2 Å². The molecule has 0 aromatic rings. The van der Waals surface area contributed by atoms with Crippen molar-refractivity contribution in [3.05, 3.63) is 0 Å². The largest absolute Gasteiger partial charge is 0.378 e. The van der Waals surface area contributed by atoms with Crippen molar-refractivity contribution in [1.82, 2.24) is 0 Å². The fraction of sp³-hybridized carbons (Fsp3) is 0.857. The van der Waals surface area contributed by atoms with Crippen LogP contribution in [0.2, 0.25) is 0 Å². The van der Waals surface area contributed by atoms with Crippen LogP contribution in [-0.2, 0) is 9.78 Å². The van der Waals surface area contributed by atoms with Crippen LogP contribution in [0.15, 0.2) is 4.99 Å². The summed E-state index contributed by atoms with van der Waals surface area (Å²) >= 11 is 1.05. The van der Waals surface area contributed by atoms with Gasteiger partial charge >= 0.3 is 0 Å². The molecule has 114 valence electrons. The number of nitrogens with zero attached hydrogens (tertiary/aromatic N) is 1. The minimum Gasteiger partial charge on any atom is -0.378 e. The third-order valence-corrected chi connectivity index (χ3v) is 4.44. The van der Waals surface area contributed by atoms with E-state index in [1.165, 1.54) is 38.5 Å². The molecule has 20 heavy (non-hydrogen) atoms. The topological polar surface area (TPSA) is 80.7 Å². The maximum atomic E-state index is 7.39. The molecule has 6 heteroatoms. The predicted octanol–water partition coefficient (Wildman–Crippen LogP) is 3.58. The Kier molecular flexibility index (Phi) is 6.66. The van der Waals surface area contributed by atoms with Crippen molar-refractivity contribution in [2.75, 3.05) is 0 Å². The predicted molar refractivity (Wildman–Crippen MR) is 82.9 cm³/mol. The fourth-order valence-corrected chi connectivity index (χ4v) is 3.25. The molecule has 3 N–H and O–H groups in total. The normalized spacial score (nSPS) is 22.7. The molecule has 0 spiro atoms. The van der Waals surface area contributed by atoms with E-state index in [1.807, 2.05) is 0 Å². The lowest BCUT2D eigenvalue weighted by molar-refractivity contribution is -0.262. The Morgan fingerprint density at radius 1 is 1.00 bits per heavy atom. The van der Waals surface area contributed by atoms with Crippen LogP contribution >= 0.6 is 11.8 Å². The zero-order valence-electron chi connectivity index (χ0n) is 12.0. The summed E-state index contributed by atoms with van der Waals surface area (Å²) in [5.41, 5.74) is 5.44. The summed E-state index contributed by atoms with van der Waals surface area (Å²) < 4.78 is 0. The van der Waals surface area contributed by atoms with Crippen LogP contribution < -0.4 is 5.73 Å². The average Bonchev–Trinajstić information content (AvgIpc) is 2.46. The summed E-state index contributed by atoms with van der Waals surface area (Å²) in [6.07, 6.45) is 11.8. The Morgan fingerprint density at radius 2 is 1.60 bits per heavy atom. The number of hydrogen-bond acceptors (Lipinski definition) is 5. The molecule has 0 atom stereocenters. The fourth-order valence-electron chi connectivity index (χ4n) is 2.79. The van der Waals surface area contributed by atoms with Gasteiger partial charge in [0.1, 0.15) is 6.10 Å². The van der Waals surface area contributed by atoms with Gasteiger partial charge in [-0.2, -0.15) is 4.89 Å². The van der Waals surface area contributed by atoms with E-state index in [-0.39, 0.29) is 11.3 Å². The highest BCUT2D eigenvalue weighted by atomic mass is 32.2. The molecular weight excluding hydrogens is 274 g/mol. The molecule has 0 radical (unpaired) electrons. The maximum absolute atomic E-state index is 7.39. The van der Waals surface area contributed by atoms with Gasteiger partial charge in [0.2, 0.25) is 0 Å². The number of thioether (sulfide) groups is 1. The average molecular weight is 299 g/mol. The summed E-state index contributed by atoms with van der Waals surface area (Å²) in [7, 11) is 0. The van der Waals surface area contributed by atoms with Gasteiger partial charge in [-0.1, -0.05) is 38.5 Å². The Hall–Kier alpha value is -0.750. The van der Waals surface area contributed by atoms with Crippen molar-refractivity contribution in [3.63, 3.8) is 0 Å². The summed E-state index contributed by atoms with van der Waals surface area (Å²) in [5, 5.41) is 7.78. The number of aliphatic imine (C=N–C) groups is 1. The molecule has 0 bridgehead atoms. The van der Waals surface area contributed by atoms with E-state index in [2.05, 4.69) is 4.99 Å². The van der Waals surface area contributed by atoms with Gasteiger partial charge in [-0.3, -0.25) is 5.41 Å². The standard InChI is InChI=1S/C14H25N3O2S/c15-13(16)20-14(17-11-7-3-1-4-8-11)19-18-12-9-5-2-6-10-12/h11-12H,1-10H2,(H3,15,16). The second-order valence-corrected chi connectivity index (χ2v) is 6.59. The smallest absolute Gasteiger partial charge is 0.294 e. The monoisotopic (exact) mass is 299 g/mol. The van der Waals surface area contributed by atoms with Crippen LogP contribution in [0.25, 0.3) is 0 Å². The first-order valence-electron chi connectivity index (χ1n) is 7.67. The molecule has 2 aliphatic carbocycles. The molecule has 2 rings (SSSR count). The van der Waals surface area contributed by atoms with E-state index in [4.69, 9.17) is 20.9 Å². The first kappa shape index (κ1) is 15.6. The summed E-state index contributed by atoms with van der Waals surface area (Å²) in [6, 6.07) is 0.292. The minimum atomic E-state index is -0.00759. The molecule has 0 aromatic heterocycles. The van der Waals surface area contributed by atoms with Crippen molar-refractivity contribution in [3.8, 4) is 0 Å². The van der Waals surface area contributed by atoms with E-state index in [9.17, 15) is 0 Å². The molecule has 0 heterocycles. The third kappa shape index (κ3) is 5.71. The molecule has 2 aliphatic rings. The molecule has 0 unspecified atom stereocenters. The molecule has 0 aromatic carbocycles. The number of hydrogen-bond donors (Lipinski definition) is 2. The third-order valence-electron chi connectivity index (χ3n) is 3.87. The van der Waals surface area contributed by atoms with Crippen LogP contribution in [0.5, 0.6) is 0 Å². The Bertz CT molecular complexity index is 337. The van der Waals surface area contributed by atoms with E-state index in [0.717, 1.165) is 37.4 Å². The zero-order chi connectivity index (χ0) is 14.2. The van der Waals surface area contributed by atoms with E-state index < -0.39 is 0 Å². The van der Waals surface area contributed by atoms with E-state index in [1.54, 1.807) is 0 Å². The number of nitrogens with two attached hydrogens (primary N) is 1. The Labute approximate surface area is 125 Å². The van der Waals surface area contributed by atoms with Gasteiger partial charge in [-0.15, -0.1) is 0 Å². The van der Waals surface area contributed by atoms with Gasteiger partial charge in [0.15, 0.2) is 5.17 Å². The van der Waals surface area contributed by atoms with Gasteiger partial charge in [-0.05, 0) is 25.7 Å². The van der Waals surface area contributed by atoms with E-state index in [0.29, 0.717) is 11.3 Å². The molecule has 2 saturated carbocycles. The van der Waals surface area contributed by atoms with Crippen molar-refractivity contribution in [2.24, 2.45) is 10.7 Å². The number of rotatable bonds is 3. The first-order valence-corrected chi connectivity index (χ1v) is 8.48. The lowest BCUT2D eigenvalue weighted by Gasteiger charge is -2.22. The summed E-state index contributed by atoms with van der Waals surface area (Å²) in [4.78, 5) is 15.4. The highest BCUT2D eigenvalue weighted by Gasteiger charge is 2.19. The van der Waals surface area contributed by atoms with Crippen LogP contribution in [0.3, 0.4) is 0 Å². The van der Waals surface area contributed by atoms with Gasteiger partial charge in [0.25, 0.3) is 5.23 Å². The molecule has 0 saturated heterocycles. The van der Waals surface area contributed by atoms with Crippen molar-refractivity contribution in [1.29, 1.82) is 5.41 Å². The Morgan fingerprint density at radius 3 is 2.20 bits per heavy atom. The highest BCUT2D eigenvalue weighted by molar-refractivity contribution is 8.26. The molecular formula is C14H25N3O2S. The van der Waals surface area contributed by atoms with Crippen LogP contribution in [0, 0.1) is 5.41 Å². The maximum Gasteiger partial charge on any atom is 0.294 e. The number of nitrogens with one attached hydrogen (secondary N) is 1. The lowest BCUT2D eigenvalue weighted by Crippen LogP contribution is -2.21. The van der Waals surface area contributed by atoms with Gasteiger partial charge in [0, 0.05) is 11.8 Å². The lowest BCUT2D eigenvalue weighted by atomic mass is 9.96. The second-order valence-electron chi connectivity index (χ2n) is 5.59. The molecule has 0 amide bonds. The van der Waals surface area contributed by atoms with Gasteiger partial charge in [-0.25, -0.2) is 4.99 Å². The van der Waals surface area contributed by atoms with E-state index >= 15 is 0 Å². The van der Waals surface area contributed by atoms with Gasteiger partial charge < -0.3 is 10.6 Å². The van der Waals surface area contributed by atoms with Crippen molar-refractivity contribution >= 4 is 22.2 Å². The van der Waals surface area contributed by atoms with Gasteiger partial charge in [0.05, 0.1) is 6.04 Å². The molecule has 0 aliphatic heterocycles. The SMILES string of the molecule is N=C(N)SC(=NC1CCCCC1)OOC1CCCCC1. The number of amidine groups is 1. The Balaban J connectivity index is 1.84. The molecule has 5 nitrogen and oxygen atoms in total. The molecule has 2 fully saturated rings. The summed E-state index contributed by atoms with van der Waals surface area (Å²) in [6.45, 7) is 0. The van der Waals surface area contributed by atoms with Crippen molar-refractivity contribution in [2.45, 2.75) is 76.4 Å². The highest BCUT2D eigenvalue weighted by Crippen LogP contribution is 2.24.